The van der Waals surface area contributed by atoms with E-state index in [1.54, 1.807) is 13.3 Å². The summed E-state index contributed by atoms with van der Waals surface area (Å²) >= 11 is 0. The molecule has 6 nitrogen and oxygen atoms in total. The van der Waals surface area contributed by atoms with Crippen LogP contribution in [0, 0.1) is 6.92 Å². The van der Waals surface area contributed by atoms with Gasteiger partial charge in [-0.15, -0.1) is 0 Å². The lowest BCUT2D eigenvalue weighted by Gasteiger charge is -2.31. The Hall–Kier alpha value is -3.54. The summed E-state index contributed by atoms with van der Waals surface area (Å²) in [5.41, 5.74) is 3.91. The quantitative estimate of drug-likeness (QED) is 0.480. The van der Waals surface area contributed by atoms with Crippen LogP contribution in [-0.2, 0) is 6.42 Å². The van der Waals surface area contributed by atoms with E-state index < -0.39 is 0 Å². The minimum atomic E-state index is 0.0356. The normalized spacial score (nSPS) is 16.4. The van der Waals surface area contributed by atoms with Crippen LogP contribution in [0.4, 0.5) is 0 Å². The Morgan fingerprint density at radius 2 is 2.12 bits per heavy atom. The predicted molar refractivity (Wildman–Crippen MR) is 123 cm³/mol. The first-order chi connectivity index (χ1) is 15.6. The van der Waals surface area contributed by atoms with Gasteiger partial charge in [-0.2, -0.15) is 0 Å². The number of piperidine rings is 1. The second-order valence-corrected chi connectivity index (χ2v) is 8.50. The van der Waals surface area contributed by atoms with Gasteiger partial charge in [-0.1, -0.05) is 24.3 Å². The molecule has 1 aliphatic rings. The van der Waals surface area contributed by atoms with Gasteiger partial charge in [-0.05, 0) is 55.2 Å². The first-order valence-electron chi connectivity index (χ1n) is 11.1. The Balaban J connectivity index is 1.29. The molecule has 3 heterocycles. The summed E-state index contributed by atoms with van der Waals surface area (Å²) in [6.45, 7) is 3.43. The number of rotatable bonds is 5. The van der Waals surface area contributed by atoms with Gasteiger partial charge in [0.05, 0.1) is 19.2 Å². The van der Waals surface area contributed by atoms with Crippen molar-refractivity contribution in [2.24, 2.45) is 0 Å². The number of amides is 1. The number of benzene rings is 2. The summed E-state index contributed by atoms with van der Waals surface area (Å²) in [5, 5.41) is 1.10. The number of hydrogen-bond acceptors (Lipinski definition) is 4. The van der Waals surface area contributed by atoms with Crippen LogP contribution in [0.25, 0.3) is 10.9 Å². The number of carbonyl (C=O) groups is 1. The maximum Gasteiger partial charge on any atom is 0.270 e. The molecule has 1 amide bonds. The molecule has 2 aromatic carbocycles. The Morgan fingerprint density at radius 3 is 2.97 bits per heavy atom. The predicted octanol–water partition coefficient (Wildman–Crippen LogP) is 5.08. The first kappa shape index (κ1) is 20.4. The van der Waals surface area contributed by atoms with Crippen LogP contribution in [0.2, 0.25) is 0 Å². The van der Waals surface area contributed by atoms with Crippen molar-refractivity contribution < 1.29 is 13.9 Å². The molecule has 1 atom stereocenters. The van der Waals surface area contributed by atoms with Crippen LogP contribution in [0.1, 0.15) is 52.0 Å². The SMILES string of the molecule is COc1cccc(Cc2cnc(C3CCCN(C(=O)c4cc5c(C)cccc5[nH]4)C3)o2)c1. The van der Waals surface area contributed by atoms with E-state index in [-0.39, 0.29) is 11.8 Å². The van der Waals surface area contributed by atoms with Crippen molar-refractivity contribution in [3.63, 3.8) is 0 Å². The third kappa shape index (κ3) is 4.00. The van der Waals surface area contributed by atoms with E-state index in [0.717, 1.165) is 52.9 Å². The number of nitrogens with zero attached hydrogens (tertiary/aromatic N) is 2. The number of oxazole rings is 1. The molecule has 5 rings (SSSR count). The van der Waals surface area contributed by atoms with Gasteiger partial charge in [0.25, 0.3) is 5.91 Å². The maximum absolute atomic E-state index is 13.2. The number of nitrogens with one attached hydrogen (secondary N) is 1. The number of methoxy groups -OCH3 is 1. The number of likely N-dealkylation sites (tertiary alicyclic amines) is 1. The molecular weight excluding hydrogens is 402 g/mol. The van der Waals surface area contributed by atoms with Gasteiger partial charge >= 0.3 is 0 Å². The Labute approximate surface area is 187 Å². The number of H-pyrrole nitrogens is 1. The first-order valence-corrected chi connectivity index (χ1v) is 11.1. The summed E-state index contributed by atoms with van der Waals surface area (Å²) in [6, 6.07) is 16.0. The minimum Gasteiger partial charge on any atom is -0.497 e. The zero-order valence-electron chi connectivity index (χ0n) is 18.4. The molecule has 4 aromatic rings. The van der Waals surface area contributed by atoms with Crippen LogP contribution in [-0.4, -0.2) is 41.0 Å². The smallest absolute Gasteiger partial charge is 0.270 e. The topological polar surface area (TPSA) is 71.4 Å². The van der Waals surface area contributed by atoms with Crippen LogP contribution in [0.3, 0.4) is 0 Å². The van der Waals surface area contributed by atoms with E-state index >= 15 is 0 Å². The van der Waals surface area contributed by atoms with Crippen LogP contribution in [0.5, 0.6) is 5.75 Å². The van der Waals surface area contributed by atoms with Gasteiger partial charge in [0.1, 0.15) is 17.2 Å². The van der Waals surface area contributed by atoms with Crippen molar-refractivity contribution in [1.29, 1.82) is 0 Å². The van der Waals surface area contributed by atoms with Crippen molar-refractivity contribution >= 4 is 16.8 Å². The average molecular weight is 430 g/mol. The Kier molecular flexibility index (Phi) is 5.43. The highest BCUT2D eigenvalue weighted by Crippen LogP contribution is 2.29. The van der Waals surface area contributed by atoms with Gasteiger partial charge < -0.3 is 19.0 Å². The zero-order chi connectivity index (χ0) is 22.1. The van der Waals surface area contributed by atoms with Crippen LogP contribution in [0.15, 0.2) is 59.1 Å². The molecule has 1 unspecified atom stereocenters. The average Bonchev–Trinajstić information content (AvgIpc) is 3.47. The third-order valence-corrected chi connectivity index (χ3v) is 6.25. The summed E-state index contributed by atoms with van der Waals surface area (Å²) in [7, 11) is 1.67. The standard InChI is InChI=1S/C26H27N3O3/c1-17-6-3-10-23-22(17)14-24(28-23)26(30)29-11-5-8-19(16-29)25-27-15-21(32-25)13-18-7-4-9-20(12-18)31-2/h3-4,6-7,9-10,12,14-15,19,28H,5,8,11,13,16H2,1-2H3. The van der Waals surface area contributed by atoms with Crippen LogP contribution >= 0.6 is 0 Å². The molecule has 0 aliphatic carbocycles. The lowest BCUT2D eigenvalue weighted by molar-refractivity contribution is 0.0693. The molecule has 1 N–H and O–H groups in total. The van der Waals surface area contributed by atoms with E-state index in [0.29, 0.717) is 24.6 Å². The highest BCUT2D eigenvalue weighted by atomic mass is 16.5. The third-order valence-electron chi connectivity index (χ3n) is 6.25. The molecule has 32 heavy (non-hydrogen) atoms. The molecule has 1 aliphatic heterocycles. The second-order valence-electron chi connectivity index (χ2n) is 8.50. The molecule has 0 radical (unpaired) electrons. The number of aromatic amines is 1. The Morgan fingerprint density at radius 1 is 1.25 bits per heavy atom. The fourth-order valence-corrected chi connectivity index (χ4v) is 4.53. The molecule has 6 heteroatoms. The minimum absolute atomic E-state index is 0.0356. The van der Waals surface area contributed by atoms with E-state index in [1.807, 2.05) is 47.4 Å². The summed E-state index contributed by atoms with van der Waals surface area (Å²) in [5.74, 6) is 2.51. The molecular formula is C26H27N3O3. The molecule has 0 bridgehead atoms. The van der Waals surface area contributed by atoms with E-state index in [2.05, 4.69) is 23.0 Å². The zero-order valence-corrected chi connectivity index (χ0v) is 18.4. The molecule has 164 valence electrons. The van der Waals surface area contributed by atoms with E-state index in [9.17, 15) is 4.79 Å². The molecule has 1 saturated heterocycles. The van der Waals surface area contributed by atoms with Crippen molar-refractivity contribution in [3.8, 4) is 5.75 Å². The fraction of sp³-hybridized carbons (Fsp3) is 0.308. The number of fused-ring (bicyclic) bond motifs is 1. The maximum atomic E-state index is 13.2. The number of carbonyl (C=O) groups excluding carboxylic acids is 1. The van der Waals surface area contributed by atoms with Crippen LogP contribution < -0.4 is 4.74 Å². The number of ether oxygens (including phenoxy) is 1. The van der Waals surface area contributed by atoms with Gasteiger partial charge in [0.15, 0.2) is 5.89 Å². The lowest BCUT2D eigenvalue weighted by Crippen LogP contribution is -2.39. The second kappa shape index (κ2) is 8.54. The molecule has 0 saturated carbocycles. The number of hydrogen-bond donors (Lipinski definition) is 1. The van der Waals surface area contributed by atoms with Crippen molar-refractivity contribution in [2.45, 2.75) is 32.1 Å². The highest BCUT2D eigenvalue weighted by Gasteiger charge is 2.29. The van der Waals surface area contributed by atoms with Gasteiger partial charge in [0.2, 0.25) is 0 Å². The Bertz CT molecular complexity index is 1260. The van der Waals surface area contributed by atoms with Crippen molar-refractivity contribution in [2.75, 3.05) is 20.2 Å². The fourth-order valence-electron chi connectivity index (χ4n) is 4.53. The van der Waals surface area contributed by atoms with Gasteiger partial charge in [-0.25, -0.2) is 4.98 Å². The number of aryl methyl sites for hydroxylation is 1. The van der Waals surface area contributed by atoms with Crippen molar-refractivity contribution in [3.05, 3.63) is 83.2 Å². The summed E-state index contributed by atoms with van der Waals surface area (Å²) < 4.78 is 11.4. The molecule has 0 spiro atoms. The lowest BCUT2D eigenvalue weighted by atomic mass is 9.97. The van der Waals surface area contributed by atoms with Gasteiger partial charge in [-0.3, -0.25) is 4.79 Å². The summed E-state index contributed by atoms with van der Waals surface area (Å²) in [6.07, 6.45) is 4.36. The molecule has 1 fully saturated rings. The summed E-state index contributed by atoms with van der Waals surface area (Å²) in [4.78, 5) is 22.9. The highest BCUT2D eigenvalue weighted by molar-refractivity contribution is 5.98. The monoisotopic (exact) mass is 429 g/mol. The van der Waals surface area contributed by atoms with E-state index in [4.69, 9.17) is 9.15 Å². The van der Waals surface area contributed by atoms with E-state index in [1.165, 1.54) is 0 Å². The molecule has 2 aromatic heterocycles. The van der Waals surface area contributed by atoms with Gasteiger partial charge in [0, 0.05) is 30.4 Å². The number of aromatic nitrogens is 2. The van der Waals surface area contributed by atoms with Crippen molar-refractivity contribution in [1.82, 2.24) is 14.9 Å². The largest absolute Gasteiger partial charge is 0.497 e.